The third-order valence-electron chi connectivity index (χ3n) is 6.03. The predicted molar refractivity (Wildman–Crippen MR) is 111 cm³/mol. The highest BCUT2D eigenvalue weighted by Gasteiger charge is 2.29. The fourth-order valence-electron chi connectivity index (χ4n) is 4.54. The maximum atomic E-state index is 5.53. The lowest BCUT2D eigenvalue weighted by atomic mass is 9.91. The summed E-state index contributed by atoms with van der Waals surface area (Å²) >= 11 is 1.79. The van der Waals surface area contributed by atoms with Gasteiger partial charge in [0.05, 0.1) is 18.5 Å². The summed E-state index contributed by atoms with van der Waals surface area (Å²) in [7, 11) is 1.75. The maximum absolute atomic E-state index is 5.53. The van der Waals surface area contributed by atoms with Crippen LogP contribution in [0.4, 0.5) is 5.13 Å². The number of rotatable bonds is 4. The molecule has 0 spiro atoms. The Kier molecular flexibility index (Phi) is 5.93. The lowest BCUT2D eigenvalue weighted by Crippen LogP contribution is -2.41. The molecule has 4 heterocycles. The Morgan fingerprint density at radius 1 is 1.11 bits per heavy atom. The standard InChI is InChI=1S/C21H30N4OS/c1-16-15-27-21(23-16)25-11-4-5-18(9-14-25)24-12-7-17(8-13-24)20-19(26-2)6-3-10-22-20/h3,6,10,15,17-18H,4-5,7-9,11-14H2,1-2H3. The Morgan fingerprint density at radius 3 is 2.70 bits per heavy atom. The summed E-state index contributed by atoms with van der Waals surface area (Å²) in [5, 5.41) is 3.36. The molecule has 1 unspecified atom stereocenters. The fraction of sp³-hybridized carbons (Fsp3) is 0.619. The summed E-state index contributed by atoms with van der Waals surface area (Å²) in [4.78, 5) is 14.5. The van der Waals surface area contributed by atoms with E-state index >= 15 is 0 Å². The van der Waals surface area contributed by atoms with E-state index in [1.54, 1.807) is 18.4 Å². The van der Waals surface area contributed by atoms with Crippen LogP contribution in [-0.4, -0.2) is 54.2 Å². The van der Waals surface area contributed by atoms with Gasteiger partial charge in [0.2, 0.25) is 0 Å². The number of hydrogen-bond donors (Lipinski definition) is 0. The van der Waals surface area contributed by atoms with Crippen LogP contribution in [-0.2, 0) is 0 Å². The van der Waals surface area contributed by atoms with Crippen molar-refractivity contribution in [1.82, 2.24) is 14.9 Å². The molecule has 0 saturated carbocycles. The van der Waals surface area contributed by atoms with Crippen LogP contribution in [0.15, 0.2) is 23.7 Å². The van der Waals surface area contributed by atoms with E-state index in [-0.39, 0.29) is 0 Å². The molecule has 0 aromatic carbocycles. The molecule has 0 bridgehead atoms. The molecule has 2 aliphatic heterocycles. The zero-order valence-corrected chi connectivity index (χ0v) is 17.2. The third-order valence-corrected chi connectivity index (χ3v) is 7.05. The highest BCUT2D eigenvalue weighted by molar-refractivity contribution is 7.13. The van der Waals surface area contributed by atoms with Crippen molar-refractivity contribution in [3.63, 3.8) is 0 Å². The first-order valence-corrected chi connectivity index (χ1v) is 11.0. The zero-order chi connectivity index (χ0) is 18.6. The van der Waals surface area contributed by atoms with E-state index in [0.29, 0.717) is 12.0 Å². The summed E-state index contributed by atoms with van der Waals surface area (Å²) in [5.74, 6) is 1.47. The van der Waals surface area contributed by atoms with Crippen molar-refractivity contribution in [2.24, 2.45) is 0 Å². The van der Waals surface area contributed by atoms with Crippen LogP contribution < -0.4 is 9.64 Å². The van der Waals surface area contributed by atoms with E-state index in [1.807, 2.05) is 18.3 Å². The van der Waals surface area contributed by atoms with Crippen LogP contribution in [0.3, 0.4) is 0 Å². The molecule has 5 nitrogen and oxygen atoms in total. The summed E-state index contributed by atoms with van der Waals surface area (Å²) in [5.41, 5.74) is 2.29. The highest BCUT2D eigenvalue weighted by atomic mass is 32.1. The number of pyridine rings is 1. The summed E-state index contributed by atoms with van der Waals surface area (Å²) in [6.07, 6.45) is 8.06. The number of hydrogen-bond acceptors (Lipinski definition) is 6. The van der Waals surface area contributed by atoms with Gasteiger partial charge in [-0.1, -0.05) is 0 Å². The van der Waals surface area contributed by atoms with E-state index in [2.05, 4.69) is 32.1 Å². The van der Waals surface area contributed by atoms with Gasteiger partial charge in [-0.3, -0.25) is 4.98 Å². The van der Waals surface area contributed by atoms with Gasteiger partial charge in [-0.2, -0.15) is 0 Å². The number of anilines is 1. The minimum Gasteiger partial charge on any atom is -0.495 e. The first-order valence-electron chi connectivity index (χ1n) is 10.1. The van der Waals surface area contributed by atoms with Crippen molar-refractivity contribution in [2.75, 3.05) is 38.2 Å². The molecular formula is C21H30N4OS. The Morgan fingerprint density at radius 2 is 1.96 bits per heavy atom. The normalized spacial score (nSPS) is 22.6. The second-order valence-electron chi connectivity index (χ2n) is 7.74. The number of nitrogens with zero attached hydrogens (tertiary/aromatic N) is 4. The summed E-state index contributed by atoms with van der Waals surface area (Å²) < 4.78 is 5.53. The number of likely N-dealkylation sites (tertiary alicyclic amines) is 1. The molecular weight excluding hydrogens is 356 g/mol. The second-order valence-corrected chi connectivity index (χ2v) is 8.58. The molecule has 146 valence electrons. The molecule has 1 atom stereocenters. The SMILES string of the molecule is COc1cccnc1C1CCN(C2CCCN(c3nc(C)cs3)CC2)CC1. The molecule has 2 aromatic heterocycles. The van der Waals surface area contributed by atoms with Gasteiger partial charge in [-0.25, -0.2) is 4.98 Å². The average Bonchev–Trinajstić information content (AvgIpc) is 3.00. The topological polar surface area (TPSA) is 41.5 Å². The lowest BCUT2D eigenvalue weighted by Gasteiger charge is -2.37. The molecule has 0 amide bonds. The van der Waals surface area contributed by atoms with Crippen LogP contribution in [0.5, 0.6) is 5.75 Å². The number of methoxy groups -OCH3 is 1. The monoisotopic (exact) mass is 386 g/mol. The van der Waals surface area contributed by atoms with Gasteiger partial charge < -0.3 is 14.5 Å². The number of ether oxygens (including phenoxy) is 1. The van der Waals surface area contributed by atoms with Gasteiger partial charge in [0.15, 0.2) is 5.13 Å². The molecule has 0 N–H and O–H groups in total. The Labute approximate surface area is 166 Å². The van der Waals surface area contributed by atoms with Gasteiger partial charge in [-0.05, 0) is 64.3 Å². The van der Waals surface area contributed by atoms with E-state index in [0.717, 1.165) is 30.2 Å². The molecule has 4 rings (SSSR count). The Balaban J connectivity index is 1.33. The largest absolute Gasteiger partial charge is 0.495 e. The van der Waals surface area contributed by atoms with Crippen LogP contribution in [0.25, 0.3) is 0 Å². The van der Waals surface area contributed by atoms with Crippen LogP contribution in [0.2, 0.25) is 0 Å². The van der Waals surface area contributed by atoms with Crippen molar-refractivity contribution in [3.05, 3.63) is 35.1 Å². The molecule has 0 radical (unpaired) electrons. The van der Waals surface area contributed by atoms with E-state index in [4.69, 9.17) is 4.74 Å². The van der Waals surface area contributed by atoms with Gasteiger partial charge >= 0.3 is 0 Å². The third kappa shape index (κ3) is 4.27. The molecule has 2 saturated heterocycles. The smallest absolute Gasteiger partial charge is 0.185 e. The lowest BCUT2D eigenvalue weighted by molar-refractivity contribution is 0.140. The van der Waals surface area contributed by atoms with E-state index in [1.165, 1.54) is 50.3 Å². The minimum absolute atomic E-state index is 0.526. The van der Waals surface area contributed by atoms with Gasteiger partial charge in [0.1, 0.15) is 5.75 Å². The average molecular weight is 387 g/mol. The fourth-order valence-corrected chi connectivity index (χ4v) is 5.40. The first kappa shape index (κ1) is 18.7. The Bertz CT molecular complexity index is 741. The summed E-state index contributed by atoms with van der Waals surface area (Å²) in [6.45, 7) is 6.70. The zero-order valence-electron chi connectivity index (χ0n) is 16.4. The number of aromatic nitrogens is 2. The van der Waals surface area contributed by atoms with Gasteiger partial charge in [0, 0.05) is 36.6 Å². The van der Waals surface area contributed by atoms with Crippen molar-refractivity contribution < 1.29 is 4.74 Å². The van der Waals surface area contributed by atoms with Crippen LogP contribution in [0.1, 0.15) is 49.4 Å². The van der Waals surface area contributed by atoms with Crippen LogP contribution >= 0.6 is 11.3 Å². The van der Waals surface area contributed by atoms with Gasteiger partial charge in [-0.15, -0.1) is 11.3 Å². The minimum atomic E-state index is 0.526. The predicted octanol–water partition coefficient (Wildman–Crippen LogP) is 4.09. The number of thiazole rings is 1. The number of aryl methyl sites for hydroxylation is 1. The van der Waals surface area contributed by atoms with Crippen molar-refractivity contribution in [1.29, 1.82) is 0 Å². The molecule has 27 heavy (non-hydrogen) atoms. The molecule has 2 fully saturated rings. The molecule has 2 aliphatic rings. The van der Waals surface area contributed by atoms with Crippen molar-refractivity contribution >= 4 is 16.5 Å². The maximum Gasteiger partial charge on any atom is 0.185 e. The highest BCUT2D eigenvalue weighted by Crippen LogP contribution is 2.34. The van der Waals surface area contributed by atoms with Crippen LogP contribution in [0, 0.1) is 6.92 Å². The number of piperidine rings is 1. The van der Waals surface area contributed by atoms with E-state index in [9.17, 15) is 0 Å². The second kappa shape index (κ2) is 8.57. The first-order chi connectivity index (χ1) is 13.2. The molecule has 0 aliphatic carbocycles. The van der Waals surface area contributed by atoms with E-state index < -0.39 is 0 Å². The van der Waals surface area contributed by atoms with Crippen molar-refractivity contribution in [2.45, 2.75) is 51.0 Å². The Hall–Kier alpha value is -1.66. The molecule has 6 heteroatoms. The molecule has 2 aromatic rings. The van der Waals surface area contributed by atoms with Gasteiger partial charge in [0.25, 0.3) is 0 Å². The quantitative estimate of drug-likeness (QED) is 0.791. The summed E-state index contributed by atoms with van der Waals surface area (Å²) in [6, 6.07) is 4.70. The van der Waals surface area contributed by atoms with Crippen molar-refractivity contribution in [3.8, 4) is 5.75 Å².